The molecule has 0 bridgehead atoms. The molecule has 0 N–H and O–H groups in total. The van der Waals surface area contributed by atoms with E-state index in [4.69, 9.17) is 21.1 Å². The average molecular weight is 541 g/mol. The third kappa shape index (κ3) is 4.73. The third-order valence-corrected chi connectivity index (χ3v) is 6.24. The Morgan fingerprint density at radius 3 is 2.59 bits per heavy atom. The lowest BCUT2D eigenvalue weighted by molar-refractivity contribution is -0.132. The predicted octanol–water partition coefficient (Wildman–Crippen LogP) is 5.69. The molecule has 0 saturated carbocycles. The number of esters is 1. The maximum atomic E-state index is 13.3. The maximum Gasteiger partial charge on any atom is 0.308 e. The number of nitrogens with zero attached hydrogens (tertiary/aromatic N) is 3. The Hall–Kier alpha value is -3.49. The van der Waals surface area contributed by atoms with Crippen LogP contribution >= 0.6 is 27.5 Å². The van der Waals surface area contributed by atoms with Crippen LogP contribution in [0.4, 0.5) is 0 Å². The number of fused-ring (bicyclic) bond motifs is 1. The molecule has 172 valence electrons. The van der Waals surface area contributed by atoms with Crippen LogP contribution in [-0.2, 0) is 4.79 Å². The van der Waals surface area contributed by atoms with Crippen LogP contribution in [0.2, 0.25) is 5.02 Å². The number of rotatable bonds is 6. The Bertz CT molecular complexity index is 1470. The van der Waals surface area contributed by atoms with Gasteiger partial charge in [0, 0.05) is 22.5 Å². The van der Waals surface area contributed by atoms with Crippen LogP contribution in [0.3, 0.4) is 0 Å². The fraction of sp³-hybridized carbons (Fsp3) is 0.120. The molecule has 0 aliphatic carbocycles. The van der Waals surface area contributed by atoms with Crippen LogP contribution in [0.1, 0.15) is 19.4 Å². The topological polar surface area (TPSA) is 82.8 Å². The molecule has 34 heavy (non-hydrogen) atoms. The van der Waals surface area contributed by atoms with Gasteiger partial charge in [-0.05, 0) is 41.1 Å². The van der Waals surface area contributed by atoms with E-state index in [1.54, 1.807) is 31.2 Å². The van der Waals surface area contributed by atoms with Crippen molar-refractivity contribution in [3.8, 4) is 22.9 Å². The Morgan fingerprint density at radius 2 is 1.88 bits per heavy atom. The van der Waals surface area contributed by atoms with Gasteiger partial charge in [-0.1, -0.05) is 54.1 Å². The zero-order chi connectivity index (χ0) is 24.2. The molecule has 3 aromatic carbocycles. The van der Waals surface area contributed by atoms with E-state index in [0.29, 0.717) is 33.4 Å². The largest absolute Gasteiger partial charge is 0.490 e. The zero-order valence-corrected chi connectivity index (χ0v) is 20.6. The summed E-state index contributed by atoms with van der Waals surface area (Å²) in [6.07, 6.45) is 1.47. The Morgan fingerprint density at radius 1 is 1.18 bits per heavy atom. The molecule has 0 amide bonds. The summed E-state index contributed by atoms with van der Waals surface area (Å²) >= 11 is 9.88. The number of carbonyl (C=O) groups excluding carboxylic acids is 1. The molecular formula is C25H19BrClN3O4. The molecule has 1 aromatic heterocycles. The average Bonchev–Trinajstić information content (AvgIpc) is 2.84. The number of halogens is 2. The minimum absolute atomic E-state index is 0.106. The summed E-state index contributed by atoms with van der Waals surface area (Å²) in [5.41, 5.74) is 1.51. The first kappa shape index (κ1) is 23.7. The van der Waals surface area contributed by atoms with Crippen LogP contribution in [0.15, 0.2) is 75.0 Å². The second kappa shape index (κ2) is 10.2. The summed E-state index contributed by atoms with van der Waals surface area (Å²) in [4.78, 5) is 29.5. The monoisotopic (exact) mass is 539 g/mol. The van der Waals surface area contributed by atoms with Crippen LogP contribution in [-0.4, -0.2) is 28.5 Å². The van der Waals surface area contributed by atoms with E-state index in [9.17, 15) is 9.59 Å². The number of ether oxygens (including phenoxy) is 2. The summed E-state index contributed by atoms with van der Waals surface area (Å²) in [6, 6.07) is 18.1. The van der Waals surface area contributed by atoms with Gasteiger partial charge in [0.2, 0.25) is 0 Å². The molecule has 0 fully saturated rings. The zero-order valence-electron chi connectivity index (χ0n) is 18.3. The van der Waals surface area contributed by atoms with E-state index in [1.165, 1.54) is 17.8 Å². The van der Waals surface area contributed by atoms with Crippen LogP contribution in [0.5, 0.6) is 11.5 Å². The van der Waals surface area contributed by atoms with Gasteiger partial charge in [-0.25, -0.2) is 4.98 Å². The van der Waals surface area contributed by atoms with Gasteiger partial charge in [0.25, 0.3) is 5.56 Å². The van der Waals surface area contributed by atoms with Crippen LogP contribution < -0.4 is 15.0 Å². The van der Waals surface area contributed by atoms with Crippen molar-refractivity contribution in [3.05, 3.63) is 86.1 Å². The number of para-hydroxylation sites is 1. The van der Waals surface area contributed by atoms with E-state index >= 15 is 0 Å². The lowest BCUT2D eigenvalue weighted by atomic mass is 10.2. The Kier molecular flexibility index (Phi) is 7.09. The van der Waals surface area contributed by atoms with Crippen LogP contribution in [0, 0.1) is 0 Å². The highest BCUT2D eigenvalue weighted by atomic mass is 79.9. The van der Waals surface area contributed by atoms with Gasteiger partial charge in [-0.2, -0.15) is 9.78 Å². The van der Waals surface area contributed by atoms with Gasteiger partial charge < -0.3 is 9.47 Å². The summed E-state index contributed by atoms with van der Waals surface area (Å²) in [5, 5.41) is 5.05. The smallest absolute Gasteiger partial charge is 0.308 e. The summed E-state index contributed by atoms with van der Waals surface area (Å²) < 4.78 is 12.5. The van der Waals surface area contributed by atoms with Crippen molar-refractivity contribution in [1.82, 2.24) is 9.66 Å². The van der Waals surface area contributed by atoms with Gasteiger partial charge in [0.1, 0.15) is 5.02 Å². The quantitative estimate of drug-likeness (QED) is 0.178. The molecular weight excluding hydrogens is 522 g/mol. The number of benzene rings is 3. The molecule has 9 heteroatoms. The summed E-state index contributed by atoms with van der Waals surface area (Å²) in [5.74, 6) is 0.246. The fourth-order valence-corrected chi connectivity index (χ4v) is 3.96. The first-order valence-electron chi connectivity index (χ1n) is 10.4. The predicted molar refractivity (Wildman–Crippen MR) is 136 cm³/mol. The third-order valence-electron chi connectivity index (χ3n) is 4.80. The Balaban J connectivity index is 1.90. The molecule has 0 unspecified atom stereocenters. The first-order valence-corrected chi connectivity index (χ1v) is 11.5. The van der Waals surface area contributed by atoms with Gasteiger partial charge in [-0.3, -0.25) is 9.59 Å². The minimum Gasteiger partial charge on any atom is -0.490 e. The maximum absolute atomic E-state index is 13.3. The molecule has 1 heterocycles. The number of hydrogen-bond donors (Lipinski definition) is 0. The minimum atomic E-state index is -0.530. The van der Waals surface area contributed by atoms with Gasteiger partial charge >= 0.3 is 5.97 Å². The van der Waals surface area contributed by atoms with Gasteiger partial charge in [-0.15, -0.1) is 0 Å². The van der Waals surface area contributed by atoms with Gasteiger partial charge in [0.05, 0.1) is 23.7 Å². The SMILES string of the molecule is CCOc1cc(C=Nn2c(-c3ccccc3)nc3ccccc3c2=O)c(Br)c(Cl)c1OC(C)=O. The van der Waals surface area contributed by atoms with E-state index < -0.39 is 5.97 Å². The van der Waals surface area contributed by atoms with Crippen molar-refractivity contribution in [2.45, 2.75) is 13.8 Å². The van der Waals surface area contributed by atoms with Crippen molar-refractivity contribution >= 4 is 50.6 Å². The van der Waals surface area contributed by atoms with E-state index in [1.807, 2.05) is 36.4 Å². The number of hydrogen-bond acceptors (Lipinski definition) is 6. The lowest BCUT2D eigenvalue weighted by Crippen LogP contribution is -2.20. The van der Waals surface area contributed by atoms with E-state index in [0.717, 1.165) is 5.56 Å². The number of carbonyl (C=O) groups is 1. The highest BCUT2D eigenvalue weighted by Gasteiger charge is 2.19. The Labute approximate surface area is 208 Å². The second-order valence-electron chi connectivity index (χ2n) is 7.13. The molecule has 0 aliphatic heterocycles. The fourth-order valence-electron chi connectivity index (χ4n) is 3.33. The standard InChI is InChI=1S/C25H19BrClN3O4/c1-3-33-20-13-17(21(26)22(27)23(20)34-15(2)31)14-28-30-24(16-9-5-4-6-10-16)29-19-12-8-7-11-18(19)25(30)32/h4-14H,3H2,1-2H3. The van der Waals surface area contributed by atoms with E-state index in [-0.39, 0.29) is 22.1 Å². The second-order valence-corrected chi connectivity index (χ2v) is 8.30. The molecule has 0 atom stereocenters. The highest BCUT2D eigenvalue weighted by Crippen LogP contribution is 2.42. The molecule has 0 aliphatic rings. The highest BCUT2D eigenvalue weighted by molar-refractivity contribution is 9.10. The summed E-state index contributed by atoms with van der Waals surface area (Å²) in [7, 11) is 0. The van der Waals surface area contributed by atoms with Crippen molar-refractivity contribution in [3.63, 3.8) is 0 Å². The summed E-state index contributed by atoms with van der Waals surface area (Å²) in [6.45, 7) is 3.41. The lowest BCUT2D eigenvalue weighted by Gasteiger charge is -2.14. The van der Waals surface area contributed by atoms with E-state index in [2.05, 4.69) is 26.0 Å². The van der Waals surface area contributed by atoms with Crippen molar-refractivity contribution < 1.29 is 14.3 Å². The molecule has 0 radical (unpaired) electrons. The molecule has 4 rings (SSSR count). The van der Waals surface area contributed by atoms with Gasteiger partial charge in [0.15, 0.2) is 17.3 Å². The van der Waals surface area contributed by atoms with Crippen molar-refractivity contribution in [2.75, 3.05) is 6.61 Å². The molecule has 0 saturated heterocycles. The molecule has 0 spiro atoms. The normalized spacial score (nSPS) is 11.2. The van der Waals surface area contributed by atoms with Crippen molar-refractivity contribution in [2.24, 2.45) is 5.10 Å². The van der Waals surface area contributed by atoms with Crippen LogP contribution in [0.25, 0.3) is 22.3 Å². The van der Waals surface area contributed by atoms with Crippen molar-refractivity contribution in [1.29, 1.82) is 0 Å². The molecule has 7 nitrogen and oxygen atoms in total. The number of aromatic nitrogens is 2. The first-order chi connectivity index (χ1) is 16.4. The molecule has 4 aromatic rings.